The lowest BCUT2D eigenvalue weighted by Crippen LogP contribution is -2.10. The molecule has 0 aliphatic carbocycles. The first-order chi connectivity index (χ1) is 9.47. The molecule has 0 radical (unpaired) electrons. The molecule has 0 unspecified atom stereocenters. The van der Waals surface area contributed by atoms with Gasteiger partial charge in [-0.15, -0.1) is 0 Å². The van der Waals surface area contributed by atoms with Crippen molar-refractivity contribution < 1.29 is 18.0 Å². The van der Waals surface area contributed by atoms with E-state index in [4.69, 9.17) is 11.6 Å². The van der Waals surface area contributed by atoms with Gasteiger partial charge in [0.1, 0.15) is 23.2 Å². The molecule has 0 aromatic heterocycles. The second kappa shape index (κ2) is 6.09. The third-order valence-electron chi connectivity index (χ3n) is 2.84. The van der Waals surface area contributed by atoms with Crippen LogP contribution in [0.5, 0.6) is 0 Å². The highest BCUT2D eigenvalue weighted by molar-refractivity contribution is 6.30. The van der Waals surface area contributed by atoms with Crippen LogP contribution in [-0.4, -0.2) is 5.78 Å². The van der Waals surface area contributed by atoms with Crippen LogP contribution in [-0.2, 0) is 17.6 Å². The number of hydrogen-bond donors (Lipinski definition) is 0. The SMILES string of the molecule is O=C(Cc1ccc(Cl)cc1F)Cc1c(F)cccc1F. The van der Waals surface area contributed by atoms with Crippen LogP contribution in [0.15, 0.2) is 36.4 Å². The molecule has 0 aliphatic rings. The third-order valence-corrected chi connectivity index (χ3v) is 3.07. The van der Waals surface area contributed by atoms with Crippen LogP contribution < -0.4 is 0 Å². The largest absolute Gasteiger partial charge is 0.299 e. The molecule has 0 saturated carbocycles. The summed E-state index contributed by atoms with van der Waals surface area (Å²) in [5.41, 5.74) is -0.150. The molecule has 0 spiro atoms. The number of Topliss-reactive ketones (excluding diaryl/α,β-unsaturated/α-hetero) is 1. The van der Waals surface area contributed by atoms with Gasteiger partial charge in [0.15, 0.2) is 0 Å². The third kappa shape index (κ3) is 3.39. The van der Waals surface area contributed by atoms with Crippen molar-refractivity contribution in [2.24, 2.45) is 0 Å². The van der Waals surface area contributed by atoms with Gasteiger partial charge in [-0.2, -0.15) is 0 Å². The van der Waals surface area contributed by atoms with Crippen LogP contribution in [0.25, 0.3) is 0 Å². The maximum absolute atomic E-state index is 13.5. The van der Waals surface area contributed by atoms with Crippen molar-refractivity contribution in [1.29, 1.82) is 0 Å². The zero-order valence-corrected chi connectivity index (χ0v) is 11.1. The average Bonchev–Trinajstić information content (AvgIpc) is 2.37. The van der Waals surface area contributed by atoms with Gasteiger partial charge in [-0.05, 0) is 29.8 Å². The molecule has 2 aromatic rings. The van der Waals surface area contributed by atoms with Crippen LogP contribution in [0.2, 0.25) is 5.02 Å². The summed E-state index contributed by atoms with van der Waals surface area (Å²) in [5.74, 6) is -2.65. The molecule has 2 aromatic carbocycles. The molecule has 0 saturated heterocycles. The molecule has 0 amide bonds. The van der Waals surface area contributed by atoms with E-state index in [-0.39, 0.29) is 22.6 Å². The summed E-state index contributed by atoms with van der Waals surface area (Å²) in [5, 5.41) is 0.221. The average molecular weight is 299 g/mol. The van der Waals surface area contributed by atoms with Gasteiger partial charge in [-0.25, -0.2) is 13.2 Å². The molecular weight excluding hydrogens is 289 g/mol. The first kappa shape index (κ1) is 14.6. The summed E-state index contributed by atoms with van der Waals surface area (Å²) in [6.45, 7) is 0. The molecule has 0 atom stereocenters. The minimum absolute atomic E-state index is 0.149. The monoisotopic (exact) mass is 298 g/mol. The Kier molecular flexibility index (Phi) is 4.45. The van der Waals surface area contributed by atoms with E-state index < -0.39 is 29.7 Å². The van der Waals surface area contributed by atoms with Crippen molar-refractivity contribution in [3.8, 4) is 0 Å². The summed E-state index contributed by atoms with van der Waals surface area (Å²) in [6.07, 6.45) is -0.655. The Morgan fingerprint density at radius 3 is 2.20 bits per heavy atom. The van der Waals surface area contributed by atoms with Gasteiger partial charge in [-0.3, -0.25) is 4.79 Å². The molecule has 0 bridgehead atoms. The van der Waals surface area contributed by atoms with E-state index in [0.717, 1.165) is 18.2 Å². The van der Waals surface area contributed by atoms with E-state index in [9.17, 15) is 18.0 Å². The van der Waals surface area contributed by atoms with Crippen LogP contribution in [0, 0.1) is 17.5 Å². The summed E-state index contributed by atoms with van der Waals surface area (Å²) in [6, 6.07) is 7.30. The van der Waals surface area contributed by atoms with Gasteiger partial charge in [0.25, 0.3) is 0 Å². The normalized spacial score (nSPS) is 10.6. The van der Waals surface area contributed by atoms with Crippen molar-refractivity contribution in [3.63, 3.8) is 0 Å². The Morgan fingerprint density at radius 2 is 1.60 bits per heavy atom. The molecule has 5 heteroatoms. The van der Waals surface area contributed by atoms with Crippen LogP contribution in [0.4, 0.5) is 13.2 Å². The number of ketones is 1. The molecule has 0 aliphatic heterocycles. The lowest BCUT2D eigenvalue weighted by Gasteiger charge is -2.05. The lowest BCUT2D eigenvalue weighted by molar-refractivity contribution is -0.117. The van der Waals surface area contributed by atoms with Gasteiger partial charge >= 0.3 is 0 Å². The van der Waals surface area contributed by atoms with E-state index in [0.29, 0.717) is 0 Å². The number of carbonyl (C=O) groups is 1. The second-order valence-electron chi connectivity index (χ2n) is 4.33. The minimum atomic E-state index is -0.782. The Morgan fingerprint density at radius 1 is 0.950 bits per heavy atom. The summed E-state index contributed by atoms with van der Waals surface area (Å²) < 4.78 is 40.3. The highest BCUT2D eigenvalue weighted by Crippen LogP contribution is 2.17. The van der Waals surface area contributed by atoms with Crippen molar-refractivity contribution in [1.82, 2.24) is 0 Å². The number of carbonyl (C=O) groups excluding carboxylic acids is 1. The van der Waals surface area contributed by atoms with E-state index in [2.05, 4.69) is 0 Å². The van der Waals surface area contributed by atoms with Gasteiger partial charge in [0.05, 0.1) is 0 Å². The zero-order valence-electron chi connectivity index (χ0n) is 10.3. The van der Waals surface area contributed by atoms with E-state index in [1.54, 1.807) is 0 Å². The Hall–Kier alpha value is -1.81. The first-order valence-corrected chi connectivity index (χ1v) is 6.23. The van der Waals surface area contributed by atoms with Gasteiger partial charge in [0, 0.05) is 23.4 Å². The predicted octanol–water partition coefficient (Wildman–Crippen LogP) is 4.11. The van der Waals surface area contributed by atoms with Crippen molar-refractivity contribution in [2.75, 3.05) is 0 Å². The molecule has 1 nitrogen and oxygen atoms in total. The molecular formula is C15H10ClF3O. The maximum atomic E-state index is 13.5. The van der Waals surface area contributed by atoms with Crippen LogP contribution in [0.1, 0.15) is 11.1 Å². The summed E-state index contributed by atoms with van der Waals surface area (Å²) >= 11 is 5.60. The Labute approximate surface area is 119 Å². The molecule has 0 heterocycles. The van der Waals surface area contributed by atoms with Crippen LogP contribution >= 0.6 is 11.6 Å². The molecule has 20 heavy (non-hydrogen) atoms. The predicted molar refractivity (Wildman–Crippen MR) is 70.2 cm³/mol. The van der Waals surface area contributed by atoms with Gasteiger partial charge < -0.3 is 0 Å². The fourth-order valence-electron chi connectivity index (χ4n) is 1.84. The fraction of sp³-hybridized carbons (Fsp3) is 0.133. The summed E-state index contributed by atoms with van der Waals surface area (Å²) in [4.78, 5) is 11.8. The van der Waals surface area contributed by atoms with E-state index in [1.807, 2.05) is 0 Å². The lowest BCUT2D eigenvalue weighted by atomic mass is 10.0. The Bertz CT molecular complexity index is 635. The fourth-order valence-corrected chi connectivity index (χ4v) is 2.00. The first-order valence-electron chi connectivity index (χ1n) is 5.86. The highest BCUT2D eigenvalue weighted by Gasteiger charge is 2.15. The molecule has 104 valence electrons. The van der Waals surface area contributed by atoms with E-state index >= 15 is 0 Å². The topological polar surface area (TPSA) is 17.1 Å². The number of halogens is 4. The quantitative estimate of drug-likeness (QED) is 0.830. The minimum Gasteiger partial charge on any atom is -0.299 e. The number of benzene rings is 2. The smallest absolute Gasteiger partial charge is 0.141 e. The Balaban J connectivity index is 2.13. The highest BCUT2D eigenvalue weighted by atomic mass is 35.5. The molecule has 0 N–H and O–H groups in total. The van der Waals surface area contributed by atoms with Crippen LogP contribution in [0.3, 0.4) is 0 Å². The van der Waals surface area contributed by atoms with Crippen molar-refractivity contribution >= 4 is 17.4 Å². The summed E-state index contributed by atoms with van der Waals surface area (Å²) in [7, 11) is 0. The standard InChI is InChI=1S/C15H10ClF3O/c16-10-5-4-9(15(19)7-10)6-11(20)8-12-13(17)2-1-3-14(12)18/h1-5,7H,6,8H2. The zero-order chi connectivity index (χ0) is 14.7. The number of rotatable bonds is 4. The van der Waals surface area contributed by atoms with Crippen molar-refractivity contribution in [2.45, 2.75) is 12.8 Å². The maximum Gasteiger partial charge on any atom is 0.141 e. The van der Waals surface area contributed by atoms with Gasteiger partial charge in [0.2, 0.25) is 0 Å². The second-order valence-corrected chi connectivity index (χ2v) is 4.76. The molecule has 0 fully saturated rings. The van der Waals surface area contributed by atoms with Gasteiger partial charge in [-0.1, -0.05) is 23.7 Å². The van der Waals surface area contributed by atoms with Crippen molar-refractivity contribution in [3.05, 3.63) is 70.0 Å². The van der Waals surface area contributed by atoms with E-state index in [1.165, 1.54) is 18.2 Å². The molecule has 2 rings (SSSR count). The number of hydrogen-bond acceptors (Lipinski definition) is 1.